The third-order valence-corrected chi connectivity index (χ3v) is 6.11. The number of nitrogens with zero attached hydrogens (tertiary/aromatic N) is 3. The summed E-state index contributed by atoms with van der Waals surface area (Å²) in [5, 5.41) is 8.68. The van der Waals surface area contributed by atoms with Gasteiger partial charge >= 0.3 is 0 Å². The second kappa shape index (κ2) is 5.22. The van der Waals surface area contributed by atoms with Crippen LogP contribution in [-0.2, 0) is 7.05 Å². The molecule has 6 heteroatoms. The van der Waals surface area contributed by atoms with Gasteiger partial charge in [-0.25, -0.2) is 9.67 Å². The first-order valence-corrected chi connectivity index (χ1v) is 8.98. The van der Waals surface area contributed by atoms with E-state index in [0.717, 1.165) is 21.4 Å². The van der Waals surface area contributed by atoms with Crippen molar-refractivity contribution in [2.24, 2.45) is 7.05 Å². The summed E-state index contributed by atoms with van der Waals surface area (Å²) in [6.45, 7) is 0. The van der Waals surface area contributed by atoms with Gasteiger partial charge in [0.15, 0.2) is 11.6 Å². The van der Waals surface area contributed by atoms with Crippen LogP contribution < -0.4 is 0 Å². The van der Waals surface area contributed by atoms with Gasteiger partial charge in [-0.2, -0.15) is 0 Å². The normalized spacial score (nSPS) is 11.1. The van der Waals surface area contributed by atoms with Crippen molar-refractivity contribution < 1.29 is 0 Å². The highest BCUT2D eigenvalue weighted by Gasteiger charge is 2.14. The van der Waals surface area contributed by atoms with E-state index in [2.05, 4.69) is 40.8 Å². The highest BCUT2D eigenvalue weighted by Crippen LogP contribution is 2.36. The van der Waals surface area contributed by atoms with Crippen LogP contribution in [-0.4, -0.2) is 14.8 Å². The molecule has 0 unspecified atom stereocenters. The zero-order valence-corrected chi connectivity index (χ0v) is 13.6. The number of aromatic nitrogens is 3. The van der Waals surface area contributed by atoms with E-state index in [1.54, 1.807) is 34.0 Å². The minimum absolute atomic E-state index is 0.800. The molecule has 0 aromatic carbocycles. The quantitative estimate of drug-likeness (QED) is 0.529. The Morgan fingerprint density at radius 2 is 1.57 bits per heavy atom. The van der Waals surface area contributed by atoms with Crippen LogP contribution in [0, 0.1) is 0 Å². The van der Waals surface area contributed by atoms with Gasteiger partial charge in [-0.05, 0) is 35.0 Å². The molecule has 0 aliphatic carbocycles. The minimum atomic E-state index is 0.800. The zero-order valence-electron chi connectivity index (χ0n) is 11.2. The van der Waals surface area contributed by atoms with Crippen LogP contribution in [0.1, 0.15) is 0 Å². The summed E-state index contributed by atoms with van der Waals surface area (Å²) in [6, 6.07) is 12.6. The summed E-state index contributed by atoms with van der Waals surface area (Å²) in [6.07, 6.45) is 0. The fraction of sp³-hybridized carbons (Fsp3) is 0.0667. The molecule has 0 aliphatic rings. The van der Waals surface area contributed by atoms with Crippen LogP contribution in [0.15, 0.2) is 47.2 Å². The number of aryl methyl sites for hydroxylation is 1. The average Bonchev–Trinajstić information content (AvgIpc) is 3.26. The minimum Gasteiger partial charge on any atom is -0.248 e. The van der Waals surface area contributed by atoms with Gasteiger partial charge in [0, 0.05) is 16.8 Å². The van der Waals surface area contributed by atoms with E-state index >= 15 is 0 Å². The molecule has 0 bridgehead atoms. The maximum Gasteiger partial charge on any atom is 0.191 e. The lowest BCUT2D eigenvalue weighted by Gasteiger charge is -1.94. The Balaban J connectivity index is 1.74. The maximum absolute atomic E-state index is 4.69. The molecule has 4 heterocycles. The van der Waals surface area contributed by atoms with Crippen LogP contribution in [0.25, 0.3) is 31.2 Å². The van der Waals surface area contributed by atoms with Gasteiger partial charge in [-0.3, -0.25) is 0 Å². The molecule has 0 radical (unpaired) electrons. The van der Waals surface area contributed by atoms with Crippen LogP contribution in [0.2, 0.25) is 0 Å². The molecule has 0 fully saturated rings. The second-order valence-electron chi connectivity index (χ2n) is 4.50. The molecule has 0 saturated carbocycles. The summed E-state index contributed by atoms with van der Waals surface area (Å²) >= 11 is 5.18. The lowest BCUT2D eigenvalue weighted by atomic mass is 10.3. The van der Waals surface area contributed by atoms with E-state index < -0.39 is 0 Å². The Kier molecular flexibility index (Phi) is 3.21. The Bertz CT molecular complexity index is 854. The van der Waals surface area contributed by atoms with E-state index in [1.807, 2.05) is 23.2 Å². The topological polar surface area (TPSA) is 30.7 Å². The van der Waals surface area contributed by atoms with Gasteiger partial charge in [0.05, 0.1) is 9.75 Å². The van der Waals surface area contributed by atoms with Crippen molar-refractivity contribution in [1.82, 2.24) is 14.8 Å². The molecule has 0 amide bonds. The van der Waals surface area contributed by atoms with Crippen molar-refractivity contribution in [2.75, 3.05) is 0 Å². The van der Waals surface area contributed by atoms with E-state index in [9.17, 15) is 0 Å². The van der Waals surface area contributed by atoms with Crippen molar-refractivity contribution in [3.8, 4) is 31.2 Å². The number of hydrogen-bond donors (Lipinski definition) is 0. The fourth-order valence-corrected chi connectivity index (χ4v) is 4.63. The van der Waals surface area contributed by atoms with E-state index in [0.29, 0.717) is 0 Å². The average molecular weight is 329 g/mol. The van der Waals surface area contributed by atoms with E-state index in [1.165, 1.54) is 9.75 Å². The predicted molar refractivity (Wildman–Crippen MR) is 90.9 cm³/mol. The molecular formula is C15H11N3S3. The molecule has 4 aromatic heterocycles. The number of rotatable bonds is 3. The summed E-state index contributed by atoms with van der Waals surface area (Å²) in [5.74, 6) is 1.72. The smallest absolute Gasteiger partial charge is 0.191 e. The number of hydrogen-bond acceptors (Lipinski definition) is 5. The first kappa shape index (κ1) is 12.9. The monoisotopic (exact) mass is 329 g/mol. The molecule has 3 nitrogen and oxygen atoms in total. The molecule has 0 N–H and O–H groups in total. The Hall–Kier alpha value is -1.76. The third kappa shape index (κ3) is 2.35. The first-order valence-electron chi connectivity index (χ1n) is 6.40. The van der Waals surface area contributed by atoms with Crippen LogP contribution in [0.5, 0.6) is 0 Å². The summed E-state index contributed by atoms with van der Waals surface area (Å²) in [7, 11) is 1.95. The van der Waals surface area contributed by atoms with Gasteiger partial charge in [-0.1, -0.05) is 12.1 Å². The molecule has 0 saturated heterocycles. The first-order chi connectivity index (χ1) is 10.3. The van der Waals surface area contributed by atoms with Crippen molar-refractivity contribution in [3.05, 3.63) is 47.2 Å². The molecular weight excluding hydrogens is 318 g/mol. The van der Waals surface area contributed by atoms with Gasteiger partial charge in [0.25, 0.3) is 0 Å². The zero-order chi connectivity index (χ0) is 14.2. The Labute approximate surface area is 134 Å². The van der Waals surface area contributed by atoms with Gasteiger partial charge in [0.1, 0.15) is 0 Å². The lowest BCUT2D eigenvalue weighted by molar-refractivity contribution is 0.779. The van der Waals surface area contributed by atoms with E-state index in [-0.39, 0.29) is 0 Å². The fourth-order valence-electron chi connectivity index (χ4n) is 2.12. The van der Waals surface area contributed by atoms with Crippen LogP contribution in [0.3, 0.4) is 0 Å². The molecule has 104 valence electrons. The van der Waals surface area contributed by atoms with Crippen molar-refractivity contribution in [3.63, 3.8) is 0 Å². The van der Waals surface area contributed by atoms with Crippen LogP contribution in [0.4, 0.5) is 0 Å². The van der Waals surface area contributed by atoms with Crippen LogP contribution >= 0.6 is 34.0 Å². The summed E-state index contributed by atoms with van der Waals surface area (Å²) in [5.41, 5.74) is 0. The molecule has 0 spiro atoms. The van der Waals surface area contributed by atoms with Crippen molar-refractivity contribution in [1.29, 1.82) is 0 Å². The van der Waals surface area contributed by atoms with Gasteiger partial charge < -0.3 is 0 Å². The molecule has 0 aliphatic heterocycles. The molecule has 21 heavy (non-hydrogen) atoms. The molecule has 0 atom stereocenters. The number of thiophene rings is 3. The predicted octanol–water partition coefficient (Wildman–Crippen LogP) is 5.00. The molecule has 4 aromatic rings. The second-order valence-corrected chi connectivity index (χ2v) is 7.48. The lowest BCUT2D eigenvalue weighted by Crippen LogP contribution is -1.92. The highest BCUT2D eigenvalue weighted by atomic mass is 32.1. The SMILES string of the molecule is Cn1nc(-c2cccs2)nc1-c1ccc(-c2cccs2)s1. The van der Waals surface area contributed by atoms with Gasteiger partial charge in [0.2, 0.25) is 0 Å². The molecule has 4 rings (SSSR count). The van der Waals surface area contributed by atoms with Crippen molar-refractivity contribution in [2.45, 2.75) is 0 Å². The summed E-state index contributed by atoms with van der Waals surface area (Å²) in [4.78, 5) is 9.52. The Morgan fingerprint density at radius 3 is 2.29 bits per heavy atom. The third-order valence-electron chi connectivity index (χ3n) is 3.10. The Morgan fingerprint density at radius 1 is 0.857 bits per heavy atom. The van der Waals surface area contributed by atoms with Gasteiger partial charge in [-0.15, -0.1) is 39.1 Å². The maximum atomic E-state index is 4.69. The largest absolute Gasteiger partial charge is 0.248 e. The standard InChI is InChI=1S/C15H11N3S3/c1-18-15(16-14(17-18)12-5-3-9-20-12)13-7-6-11(21-13)10-4-2-8-19-10/h2-9H,1H3. The van der Waals surface area contributed by atoms with Crippen molar-refractivity contribution >= 4 is 34.0 Å². The summed E-state index contributed by atoms with van der Waals surface area (Å²) < 4.78 is 1.86. The highest BCUT2D eigenvalue weighted by molar-refractivity contribution is 7.23. The van der Waals surface area contributed by atoms with E-state index in [4.69, 9.17) is 4.98 Å².